The fourth-order valence-corrected chi connectivity index (χ4v) is 4.33. The molecule has 0 aromatic heterocycles. The normalized spacial score (nSPS) is 14.3. The van der Waals surface area contributed by atoms with Crippen molar-refractivity contribution in [2.45, 2.75) is 6.92 Å². The van der Waals surface area contributed by atoms with E-state index in [2.05, 4.69) is 10.5 Å². The maximum Gasteiger partial charge on any atom is 0.270 e. The van der Waals surface area contributed by atoms with Crippen molar-refractivity contribution in [2.75, 3.05) is 48.3 Å². The van der Waals surface area contributed by atoms with E-state index in [0.717, 1.165) is 16.2 Å². The third-order valence-electron chi connectivity index (χ3n) is 5.04. The van der Waals surface area contributed by atoms with Crippen molar-refractivity contribution < 1.29 is 22.9 Å². The summed E-state index contributed by atoms with van der Waals surface area (Å²) in [6.45, 7) is 3.58. The number of morpholine rings is 1. The van der Waals surface area contributed by atoms with Crippen molar-refractivity contribution in [2.24, 2.45) is 5.10 Å². The number of aryl methyl sites for hydroxylation is 1. The maximum absolute atomic E-state index is 12.5. The first-order valence-electron chi connectivity index (χ1n) is 10.1. The molecule has 1 fully saturated rings. The Morgan fingerprint density at radius 3 is 2.61 bits per heavy atom. The van der Waals surface area contributed by atoms with Crippen molar-refractivity contribution in [3.63, 3.8) is 0 Å². The number of hydrogen-bond acceptors (Lipinski definition) is 8. The lowest BCUT2D eigenvalue weighted by Crippen LogP contribution is -2.39. The Morgan fingerprint density at radius 1 is 1.27 bits per heavy atom. The van der Waals surface area contributed by atoms with E-state index in [1.807, 2.05) is 4.90 Å². The van der Waals surface area contributed by atoms with Crippen molar-refractivity contribution in [1.82, 2.24) is 5.43 Å². The topological polar surface area (TPSA) is 134 Å². The zero-order valence-electron chi connectivity index (χ0n) is 18.3. The highest BCUT2D eigenvalue weighted by Gasteiger charge is 2.22. The molecule has 0 bridgehead atoms. The summed E-state index contributed by atoms with van der Waals surface area (Å²) in [5, 5.41) is 15.1. The molecular weight excluding hydrogens is 450 g/mol. The highest BCUT2D eigenvalue weighted by atomic mass is 32.2. The van der Waals surface area contributed by atoms with Gasteiger partial charge in [0.05, 0.1) is 36.3 Å². The summed E-state index contributed by atoms with van der Waals surface area (Å²) in [7, 11) is -3.72. The minimum Gasteiger partial charge on any atom is -0.378 e. The number of ether oxygens (including phenoxy) is 1. The Kier molecular flexibility index (Phi) is 7.61. The van der Waals surface area contributed by atoms with E-state index in [4.69, 9.17) is 4.74 Å². The number of para-hydroxylation sites is 1. The number of nitrogens with one attached hydrogen (secondary N) is 1. The molecule has 11 nitrogen and oxygen atoms in total. The molecule has 2 aromatic rings. The molecule has 33 heavy (non-hydrogen) atoms. The summed E-state index contributed by atoms with van der Waals surface area (Å²) in [5.41, 5.74) is 4.47. The van der Waals surface area contributed by atoms with Crippen LogP contribution in [-0.4, -0.2) is 64.6 Å². The lowest BCUT2D eigenvalue weighted by atomic mass is 10.1. The van der Waals surface area contributed by atoms with E-state index in [9.17, 15) is 23.3 Å². The summed E-state index contributed by atoms with van der Waals surface area (Å²) in [6.07, 6.45) is 2.34. The van der Waals surface area contributed by atoms with Crippen LogP contribution < -0.4 is 14.6 Å². The molecule has 3 rings (SSSR count). The molecule has 176 valence electrons. The summed E-state index contributed by atoms with van der Waals surface area (Å²) >= 11 is 0. The largest absolute Gasteiger partial charge is 0.378 e. The second-order valence-corrected chi connectivity index (χ2v) is 9.36. The van der Waals surface area contributed by atoms with Gasteiger partial charge in [0.15, 0.2) is 0 Å². The number of carbonyl (C=O) groups is 1. The minimum atomic E-state index is -3.72. The predicted molar refractivity (Wildman–Crippen MR) is 125 cm³/mol. The average Bonchev–Trinajstić information content (AvgIpc) is 2.78. The summed E-state index contributed by atoms with van der Waals surface area (Å²) in [4.78, 5) is 25.2. The zero-order valence-corrected chi connectivity index (χ0v) is 19.1. The Hall–Kier alpha value is -3.51. The third-order valence-corrected chi connectivity index (χ3v) is 6.16. The molecule has 1 N–H and O–H groups in total. The third kappa shape index (κ3) is 6.26. The quantitative estimate of drug-likeness (QED) is 0.348. The van der Waals surface area contributed by atoms with Crippen LogP contribution in [0.4, 0.5) is 17.1 Å². The monoisotopic (exact) mass is 475 g/mol. The van der Waals surface area contributed by atoms with Crippen LogP contribution in [0.2, 0.25) is 0 Å². The number of sulfonamides is 1. The molecule has 2 aromatic carbocycles. The molecule has 0 aliphatic carbocycles. The van der Waals surface area contributed by atoms with Gasteiger partial charge in [-0.05, 0) is 24.6 Å². The van der Waals surface area contributed by atoms with Gasteiger partial charge < -0.3 is 9.64 Å². The second kappa shape index (κ2) is 10.4. The van der Waals surface area contributed by atoms with Crippen molar-refractivity contribution in [3.05, 3.63) is 63.7 Å². The fourth-order valence-electron chi connectivity index (χ4n) is 3.42. The molecule has 1 aliphatic heterocycles. The van der Waals surface area contributed by atoms with Crippen LogP contribution in [0.25, 0.3) is 0 Å². The molecule has 0 saturated carbocycles. The van der Waals surface area contributed by atoms with E-state index in [1.165, 1.54) is 18.3 Å². The van der Waals surface area contributed by atoms with Crippen LogP contribution in [0.3, 0.4) is 0 Å². The highest BCUT2D eigenvalue weighted by molar-refractivity contribution is 7.92. The fraction of sp³-hybridized carbons (Fsp3) is 0.333. The molecule has 1 heterocycles. The molecule has 0 unspecified atom stereocenters. The standard InChI is InChI=1S/C21H25N5O6S/c1-16-5-3-4-6-19(16)25(33(2,30)31)15-21(27)23-22-14-17-13-18(26(28)29)7-8-20(17)24-9-11-32-12-10-24/h3-8,13-14H,9-12,15H2,1-2H3,(H,23,27)/b22-14-. The van der Waals surface area contributed by atoms with Crippen molar-refractivity contribution in [1.29, 1.82) is 0 Å². The van der Waals surface area contributed by atoms with Crippen LogP contribution >= 0.6 is 0 Å². The molecule has 12 heteroatoms. The lowest BCUT2D eigenvalue weighted by molar-refractivity contribution is -0.384. The van der Waals surface area contributed by atoms with Gasteiger partial charge in [-0.1, -0.05) is 18.2 Å². The smallest absolute Gasteiger partial charge is 0.270 e. The van der Waals surface area contributed by atoms with Crippen LogP contribution in [0.5, 0.6) is 0 Å². The maximum atomic E-state index is 12.5. The first kappa shape index (κ1) is 24.1. The summed E-state index contributed by atoms with van der Waals surface area (Å²) < 4.78 is 30.9. The van der Waals surface area contributed by atoms with Crippen LogP contribution in [0, 0.1) is 17.0 Å². The molecule has 1 saturated heterocycles. The Labute approximate surface area is 191 Å². The number of anilines is 2. The summed E-state index contributed by atoms with van der Waals surface area (Å²) in [6, 6.07) is 11.2. The molecule has 1 amide bonds. The molecule has 0 radical (unpaired) electrons. The number of nitro groups is 1. The number of benzene rings is 2. The SMILES string of the molecule is Cc1ccccc1N(CC(=O)N/N=C\c1cc([N+](=O)[O-])ccc1N1CCOCC1)S(C)(=O)=O. The van der Waals surface area contributed by atoms with E-state index in [1.54, 1.807) is 37.3 Å². The van der Waals surface area contributed by atoms with Gasteiger partial charge in [0.2, 0.25) is 10.0 Å². The van der Waals surface area contributed by atoms with Gasteiger partial charge in [0.1, 0.15) is 6.54 Å². The second-order valence-electron chi connectivity index (χ2n) is 7.45. The molecular formula is C21H25N5O6S. The van der Waals surface area contributed by atoms with Crippen LogP contribution in [0.15, 0.2) is 47.6 Å². The number of non-ortho nitro benzene ring substituents is 1. The molecule has 1 aliphatic rings. The number of nitro benzene ring substituents is 1. The zero-order chi connectivity index (χ0) is 24.0. The van der Waals surface area contributed by atoms with Gasteiger partial charge in [-0.3, -0.25) is 19.2 Å². The van der Waals surface area contributed by atoms with Gasteiger partial charge in [0.25, 0.3) is 11.6 Å². The van der Waals surface area contributed by atoms with Gasteiger partial charge in [-0.15, -0.1) is 0 Å². The van der Waals surface area contributed by atoms with Crippen molar-refractivity contribution >= 4 is 39.2 Å². The lowest BCUT2D eigenvalue weighted by Gasteiger charge is -2.29. The van der Waals surface area contributed by atoms with Crippen molar-refractivity contribution in [3.8, 4) is 0 Å². The van der Waals surface area contributed by atoms with Gasteiger partial charge in [-0.2, -0.15) is 5.10 Å². The summed E-state index contributed by atoms with van der Waals surface area (Å²) in [5.74, 6) is -0.654. The Balaban J connectivity index is 1.78. The van der Waals surface area contributed by atoms with E-state index < -0.39 is 27.4 Å². The van der Waals surface area contributed by atoms with Crippen LogP contribution in [0.1, 0.15) is 11.1 Å². The van der Waals surface area contributed by atoms with Gasteiger partial charge in [-0.25, -0.2) is 13.8 Å². The minimum absolute atomic E-state index is 0.109. The number of hydrazone groups is 1. The average molecular weight is 476 g/mol. The first-order valence-corrected chi connectivity index (χ1v) is 12.0. The molecule has 0 atom stereocenters. The van der Waals surface area contributed by atoms with E-state index >= 15 is 0 Å². The highest BCUT2D eigenvalue weighted by Crippen LogP contribution is 2.25. The predicted octanol–water partition coefficient (Wildman–Crippen LogP) is 1.66. The van der Waals surface area contributed by atoms with E-state index in [0.29, 0.717) is 43.1 Å². The number of amides is 1. The number of nitrogens with zero attached hydrogens (tertiary/aromatic N) is 4. The van der Waals surface area contributed by atoms with E-state index in [-0.39, 0.29) is 5.69 Å². The van der Waals surface area contributed by atoms with Crippen LogP contribution in [-0.2, 0) is 19.6 Å². The Morgan fingerprint density at radius 2 is 1.97 bits per heavy atom. The van der Waals surface area contributed by atoms with Gasteiger partial charge in [0, 0.05) is 36.5 Å². The van der Waals surface area contributed by atoms with Gasteiger partial charge >= 0.3 is 0 Å². The number of hydrogen-bond donors (Lipinski definition) is 1. The Bertz CT molecular complexity index is 1160. The number of carbonyl (C=O) groups excluding carboxylic acids is 1. The first-order chi connectivity index (χ1) is 15.7. The number of rotatable bonds is 8. The molecule has 0 spiro atoms.